The summed E-state index contributed by atoms with van der Waals surface area (Å²) in [7, 11) is 0. The van der Waals surface area contributed by atoms with Crippen LogP contribution in [0, 0.1) is 5.92 Å². The highest BCUT2D eigenvalue weighted by Crippen LogP contribution is 2.28. The third-order valence-corrected chi connectivity index (χ3v) is 6.70. The lowest BCUT2D eigenvalue weighted by Gasteiger charge is -2.33. The Morgan fingerprint density at radius 1 is 1.13 bits per heavy atom. The number of benzene rings is 1. The Kier molecular flexibility index (Phi) is 5.25. The van der Waals surface area contributed by atoms with Gasteiger partial charge in [-0.25, -0.2) is 4.79 Å². The minimum Gasteiger partial charge on any atom is -0.342 e. The molecule has 5 rings (SSSR count). The van der Waals surface area contributed by atoms with Crippen molar-refractivity contribution in [2.45, 2.75) is 51.0 Å². The third kappa shape index (κ3) is 3.71. The standard InChI is InChI=1S/C22H27N5O3/c28-20(15-4-2-1-3-5-15)13-26-10-8-17(9-11-26)27-19-7-6-16(21-23-14-30-25-21)12-18(19)24-22(27)29/h6-7,12,14-15,17H,1-5,8-11,13H2,(H,24,29). The van der Waals surface area contributed by atoms with Crippen molar-refractivity contribution in [3.8, 4) is 11.4 Å². The molecule has 0 bridgehead atoms. The maximum absolute atomic E-state index is 12.7. The van der Waals surface area contributed by atoms with Crippen molar-refractivity contribution in [3.05, 3.63) is 35.1 Å². The number of piperidine rings is 1. The second kappa shape index (κ2) is 8.18. The molecular formula is C22H27N5O3. The van der Waals surface area contributed by atoms with Gasteiger partial charge in [-0.3, -0.25) is 14.3 Å². The summed E-state index contributed by atoms with van der Waals surface area (Å²) in [5, 5.41) is 3.86. The van der Waals surface area contributed by atoms with Crippen LogP contribution in [0.25, 0.3) is 22.4 Å². The van der Waals surface area contributed by atoms with E-state index in [4.69, 9.17) is 4.52 Å². The van der Waals surface area contributed by atoms with Crippen molar-refractivity contribution in [1.29, 1.82) is 0 Å². The van der Waals surface area contributed by atoms with Crippen LogP contribution in [-0.4, -0.2) is 50.0 Å². The first-order valence-corrected chi connectivity index (χ1v) is 10.9. The zero-order valence-corrected chi connectivity index (χ0v) is 17.0. The van der Waals surface area contributed by atoms with Crippen molar-refractivity contribution in [2.24, 2.45) is 5.92 Å². The van der Waals surface area contributed by atoms with E-state index in [1.807, 2.05) is 22.8 Å². The Labute approximate surface area is 174 Å². The Bertz CT molecular complexity index is 1070. The Hall–Kier alpha value is -2.74. The van der Waals surface area contributed by atoms with Gasteiger partial charge >= 0.3 is 5.69 Å². The number of carbonyl (C=O) groups excluding carboxylic acids is 1. The van der Waals surface area contributed by atoms with Crippen LogP contribution in [0.1, 0.15) is 51.0 Å². The average molecular weight is 409 g/mol. The van der Waals surface area contributed by atoms with Crippen molar-refractivity contribution < 1.29 is 9.32 Å². The van der Waals surface area contributed by atoms with Gasteiger partial charge in [-0.2, -0.15) is 4.98 Å². The number of aromatic nitrogens is 4. The van der Waals surface area contributed by atoms with Crippen LogP contribution >= 0.6 is 0 Å². The average Bonchev–Trinajstić information content (AvgIpc) is 3.42. The van der Waals surface area contributed by atoms with Gasteiger partial charge < -0.3 is 9.51 Å². The molecule has 2 fully saturated rings. The lowest BCUT2D eigenvalue weighted by molar-refractivity contribution is -0.125. The molecule has 1 saturated carbocycles. The van der Waals surface area contributed by atoms with Crippen LogP contribution in [0.2, 0.25) is 0 Å². The van der Waals surface area contributed by atoms with Crippen LogP contribution in [0.4, 0.5) is 0 Å². The molecular weight excluding hydrogens is 382 g/mol. The Morgan fingerprint density at radius 2 is 1.93 bits per heavy atom. The van der Waals surface area contributed by atoms with Gasteiger partial charge in [-0.05, 0) is 43.9 Å². The fraction of sp³-hybridized carbons (Fsp3) is 0.545. The number of rotatable bonds is 5. The molecule has 8 heteroatoms. The number of carbonyl (C=O) groups is 1. The van der Waals surface area contributed by atoms with E-state index >= 15 is 0 Å². The molecule has 0 unspecified atom stereocenters. The van der Waals surface area contributed by atoms with Gasteiger partial charge in [-0.1, -0.05) is 24.4 Å². The first-order valence-electron chi connectivity index (χ1n) is 10.9. The number of likely N-dealkylation sites (tertiary alicyclic amines) is 1. The van der Waals surface area contributed by atoms with E-state index in [1.54, 1.807) is 0 Å². The number of imidazole rings is 1. The van der Waals surface area contributed by atoms with Gasteiger partial charge in [0.15, 0.2) is 0 Å². The third-order valence-electron chi connectivity index (χ3n) is 6.70. The van der Waals surface area contributed by atoms with Gasteiger partial charge in [0.2, 0.25) is 12.2 Å². The van der Waals surface area contributed by atoms with E-state index in [0.717, 1.165) is 55.4 Å². The number of H-pyrrole nitrogens is 1. The Balaban J connectivity index is 1.27. The summed E-state index contributed by atoms with van der Waals surface area (Å²) < 4.78 is 6.68. The highest BCUT2D eigenvalue weighted by atomic mass is 16.5. The summed E-state index contributed by atoms with van der Waals surface area (Å²) in [6, 6.07) is 5.88. The van der Waals surface area contributed by atoms with Crippen molar-refractivity contribution in [1.82, 2.24) is 24.6 Å². The monoisotopic (exact) mass is 409 g/mol. The summed E-state index contributed by atoms with van der Waals surface area (Å²) in [4.78, 5) is 34.6. The van der Waals surface area contributed by atoms with Crippen LogP contribution in [0.15, 0.2) is 33.9 Å². The van der Waals surface area contributed by atoms with Gasteiger partial charge in [0.25, 0.3) is 0 Å². The Morgan fingerprint density at radius 3 is 2.67 bits per heavy atom. The highest BCUT2D eigenvalue weighted by Gasteiger charge is 2.27. The van der Waals surface area contributed by atoms with E-state index in [9.17, 15) is 9.59 Å². The van der Waals surface area contributed by atoms with Crippen molar-refractivity contribution >= 4 is 16.8 Å². The lowest BCUT2D eigenvalue weighted by atomic mass is 9.86. The number of nitrogens with zero attached hydrogens (tertiary/aromatic N) is 4. The summed E-state index contributed by atoms with van der Waals surface area (Å²) in [5.74, 6) is 1.17. The number of ketones is 1. The second-order valence-corrected chi connectivity index (χ2v) is 8.60. The predicted molar refractivity (Wildman–Crippen MR) is 112 cm³/mol. The molecule has 3 aromatic rings. The summed E-state index contributed by atoms with van der Waals surface area (Å²) >= 11 is 0. The minimum absolute atomic E-state index is 0.0907. The maximum Gasteiger partial charge on any atom is 0.326 e. The van der Waals surface area contributed by atoms with E-state index < -0.39 is 0 Å². The normalized spacial score (nSPS) is 19.5. The molecule has 0 radical (unpaired) electrons. The largest absolute Gasteiger partial charge is 0.342 e. The highest BCUT2D eigenvalue weighted by molar-refractivity contribution is 5.83. The van der Waals surface area contributed by atoms with E-state index in [-0.39, 0.29) is 17.6 Å². The molecule has 0 spiro atoms. The van der Waals surface area contributed by atoms with Crippen LogP contribution in [-0.2, 0) is 4.79 Å². The number of fused-ring (bicyclic) bond motifs is 1. The number of aromatic amines is 1. The summed E-state index contributed by atoms with van der Waals surface area (Å²) in [5.41, 5.74) is 2.38. The van der Waals surface area contributed by atoms with E-state index in [2.05, 4.69) is 20.0 Å². The molecule has 2 aromatic heterocycles. The van der Waals surface area contributed by atoms with E-state index in [1.165, 1.54) is 25.7 Å². The molecule has 8 nitrogen and oxygen atoms in total. The van der Waals surface area contributed by atoms with Crippen LogP contribution in [0.3, 0.4) is 0 Å². The topological polar surface area (TPSA) is 97.0 Å². The zero-order valence-electron chi connectivity index (χ0n) is 17.0. The van der Waals surface area contributed by atoms with Crippen molar-refractivity contribution in [2.75, 3.05) is 19.6 Å². The van der Waals surface area contributed by atoms with Gasteiger partial charge in [0.1, 0.15) is 5.78 Å². The molecule has 1 N–H and O–H groups in total. The number of hydrogen-bond donors (Lipinski definition) is 1. The molecule has 1 saturated heterocycles. The molecule has 2 aliphatic rings. The quantitative estimate of drug-likeness (QED) is 0.695. The molecule has 0 atom stereocenters. The molecule has 3 heterocycles. The number of hydrogen-bond acceptors (Lipinski definition) is 6. The predicted octanol–water partition coefficient (Wildman–Crippen LogP) is 3.17. The number of Topliss-reactive ketones (excluding diaryl/α,β-unsaturated/α-hetero) is 1. The fourth-order valence-electron chi connectivity index (χ4n) is 5.04. The molecule has 1 aliphatic carbocycles. The fourth-order valence-corrected chi connectivity index (χ4v) is 5.04. The molecule has 30 heavy (non-hydrogen) atoms. The zero-order chi connectivity index (χ0) is 20.5. The first kappa shape index (κ1) is 19.2. The molecule has 158 valence electrons. The molecule has 1 aromatic carbocycles. The second-order valence-electron chi connectivity index (χ2n) is 8.60. The van der Waals surface area contributed by atoms with Gasteiger partial charge in [0.05, 0.1) is 17.6 Å². The lowest BCUT2D eigenvalue weighted by Crippen LogP contribution is -2.41. The first-order chi connectivity index (χ1) is 14.7. The van der Waals surface area contributed by atoms with E-state index in [0.29, 0.717) is 18.2 Å². The summed E-state index contributed by atoms with van der Waals surface area (Å²) in [6.07, 6.45) is 8.81. The van der Waals surface area contributed by atoms with Crippen molar-refractivity contribution in [3.63, 3.8) is 0 Å². The van der Waals surface area contributed by atoms with Gasteiger partial charge in [-0.15, -0.1) is 0 Å². The minimum atomic E-state index is -0.0907. The maximum atomic E-state index is 12.7. The SMILES string of the molecule is O=C(CN1CCC(n2c(=O)[nH]c3cc(-c4ncon4)ccc32)CC1)C1CCCCC1. The summed E-state index contributed by atoms with van der Waals surface area (Å²) in [6.45, 7) is 2.26. The van der Waals surface area contributed by atoms with Crippen LogP contribution < -0.4 is 5.69 Å². The van der Waals surface area contributed by atoms with Crippen LogP contribution in [0.5, 0.6) is 0 Å². The number of nitrogens with one attached hydrogen (secondary N) is 1. The smallest absolute Gasteiger partial charge is 0.326 e. The molecule has 1 aliphatic heterocycles. The van der Waals surface area contributed by atoms with Gasteiger partial charge in [0, 0.05) is 30.6 Å². The molecule has 0 amide bonds.